The van der Waals surface area contributed by atoms with Crippen molar-refractivity contribution >= 4 is 34.4 Å². The molecule has 0 atom stereocenters. The Labute approximate surface area is 112 Å². The molecular weight excluding hydrogens is 372 g/mol. The summed E-state index contributed by atoms with van der Waals surface area (Å²) in [4.78, 5) is 13.9. The van der Waals surface area contributed by atoms with Crippen molar-refractivity contribution in [1.82, 2.24) is 4.98 Å². The van der Waals surface area contributed by atoms with Crippen LogP contribution in [0.5, 0.6) is 11.8 Å². The van der Waals surface area contributed by atoms with Crippen LogP contribution >= 0.6 is 22.6 Å². The largest absolute Gasteiger partial charge is 0.574 e. The molecule has 1 heterocycles. The van der Waals surface area contributed by atoms with Gasteiger partial charge < -0.3 is 14.6 Å². The summed E-state index contributed by atoms with van der Waals surface area (Å²) in [5.41, 5.74) is -0.426. The number of methoxy groups -OCH3 is 1. The lowest BCUT2D eigenvalue weighted by Gasteiger charge is -2.13. The van der Waals surface area contributed by atoms with Crippen molar-refractivity contribution < 1.29 is 32.5 Å². The highest BCUT2D eigenvalue weighted by atomic mass is 127. The van der Waals surface area contributed by atoms with Crippen LogP contribution in [0, 0.1) is 3.57 Å². The highest BCUT2D eigenvalue weighted by Crippen LogP contribution is 2.33. The summed E-state index contributed by atoms with van der Waals surface area (Å²) in [7, 11) is 1.21. The summed E-state index contributed by atoms with van der Waals surface area (Å²) < 4.78 is 45.0. The van der Waals surface area contributed by atoms with E-state index in [1.807, 2.05) is 0 Å². The smallest absolute Gasteiger partial charge is 0.480 e. The Balaban J connectivity index is 3.21. The normalized spacial score (nSPS) is 10.9. The predicted molar refractivity (Wildman–Crippen MR) is 61.8 cm³/mol. The van der Waals surface area contributed by atoms with Gasteiger partial charge in [0, 0.05) is 0 Å². The van der Waals surface area contributed by atoms with Crippen molar-refractivity contribution in [2.75, 3.05) is 12.4 Å². The Morgan fingerprint density at radius 1 is 1.50 bits per heavy atom. The molecule has 0 saturated heterocycles. The van der Waals surface area contributed by atoms with E-state index in [1.54, 1.807) is 27.9 Å². The topological polar surface area (TPSA) is 80.7 Å². The number of amides is 1. The molecule has 0 bridgehead atoms. The van der Waals surface area contributed by atoms with Crippen molar-refractivity contribution in [2.45, 2.75) is 6.36 Å². The van der Waals surface area contributed by atoms with Gasteiger partial charge in [-0.25, -0.2) is 4.79 Å². The first-order valence-electron chi connectivity index (χ1n) is 4.23. The van der Waals surface area contributed by atoms with E-state index in [0.29, 0.717) is 3.57 Å². The Morgan fingerprint density at radius 2 is 2.11 bits per heavy atom. The highest BCUT2D eigenvalue weighted by Gasteiger charge is 2.33. The maximum atomic E-state index is 12.1. The number of pyridine rings is 1. The van der Waals surface area contributed by atoms with Gasteiger partial charge in [0.25, 0.3) is 0 Å². The van der Waals surface area contributed by atoms with Crippen LogP contribution in [0.25, 0.3) is 0 Å². The summed E-state index contributed by atoms with van der Waals surface area (Å²) in [5, 5.41) is 10.3. The van der Waals surface area contributed by atoms with Crippen molar-refractivity contribution in [2.24, 2.45) is 0 Å². The molecule has 0 aliphatic rings. The van der Waals surface area contributed by atoms with E-state index < -0.39 is 24.0 Å². The average Bonchev–Trinajstić information content (AvgIpc) is 2.19. The number of nitrogens with one attached hydrogen (secondary N) is 1. The third kappa shape index (κ3) is 4.09. The number of aromatic nitrogens is 1. The van der Waals surface area contributed by atoms with Crippen LogP contribution in [0.1, 0.15) is 0 Å². The molecule has 0 aliphatic carbocycles. The van der Waals surface area contributed by atoms with Gasteiger partial charge in [0.2, 0.25) is 11.8 Å². The first kappa shape index (κ1) is 14.6. The number of alkyl halides is 3. The van der Waals surface area contributed by atoms with Gasteiger partial charge in [0.05, 0.1) is 10.7 Å². The molecule has 1 aromatic rings. The van der Waals surface area contributed by atoms with E-state index in [2.05, 4.69) is 9.72 Å². The van der Waals surface area contributed by atoms with E-state index in [-0.39, 0.29) is 5.88 Å². The lowest BCUT2D eigenvalue weighted by atomic mass is 10.4. The molecule has 0 fully saturated rings. The zero-order valence-electron chi connectivity index (χ0n) is 8.71. The second-order valence-corrected chi connectivity index (χ2v) is 3.97. The molecule has 0 spiro atoms. The Hall–Kier alpha value is -1.46. The number of anilines is 1. The van der Waals surface area contributed by atoms with Crippen LogP contribution in [-0.2, 0) is 0 Å². The predicted octanol–water partition coefficient (Wildman–Crippen LogP) is 2.68. The fourth-order valence-corrected chi connectivity index (χ4v) is 1.64. The van der Waals surface area contributed by atoms with Crippen LogP contribution in [0.3, 0.4) is 0 Å². The Kier molecular flexibility index (Phi) is 4.43. The van der Waals surface area contributed by atoms with Gasteiger partial charge in [-0.05, 0) is 28.7 Å². The van der Waals surface area contributed by atoms with Gasteiger partial charge in [-0.15, -0.1) is 13.2 Å². The zero-order chi connectivity index (χ0) is 13.9. The van der Waals surface area contributed by atoms with E-state index in [9.17, 15) is 18.0 Å². The molecule has 100 valence electrons. The number of ether oxygens (including phenoxy) is 2. The minimum Gasteiger partial charge on any atom is -0.480 e. The van der Waals surface area contributed by atoms with E-state index in [4.69, 9.17) is 9.84 Å². The molecule has 6 nitrogen and oxygen atoms in total. The number of carboxylic acid groups (broad SMARTS) is 1. The van der Waals surface area contributed by atoms with Crippen LogP contribution in [0.4, 0.5) is 23.7 Å². The Bertz CT molecular complexity index is 466. The second-order valence-electron chi connectivity index (χ2n) is 2.81. The van der Waals surface area contributed by atoms with Crippen LogP contribution < -0.4 is 14.8 Å². The first-order chi connectivity index (χ1) is 8.23. The summed E-state index contributed by atoms with van der Waals surface area (Å²) >= 11 is 1.73. The van der Waals surface area contributed by atoms with Crippen molar-refractivity contribution in [3.63, 3.8) is 0 Å². The fraction of sp³-hybridized carbons (Fsp3) is 0.250. The number of rotatable bonds is 3. The minimum absolute atomic E-state index is 0.106. The monoisotopic (exact) mass is 378 g/mol. The molecule has 2 N–H and O–H groups in total. The third-order valence-electron chi connectivity index (χ3n) is 1.56. The quantitative estimate of drug-likeness (QED) is 0.791. The van der Waals surface area contributed by atoms with Gasteiger partial charge in [-0.1, -0.05) is 0 Å². The van der Waals surface area contributed by atoms with Gasteiger partial charge >= 0.3 is 12.5 Å². The summed E-state index contributed by atoms with van der Waals surface area (Å²) in [6.45, 7) is 0. The molecule has 1 amide bonds. The molecular formula is C8H6F3IN2O4. The maximum absolute atomic E-state index is 12.1. The fourth-order valence-electron chi connectivity index (χ4n) is 0.991. The van der Waals surface area contributed by atoms with Crippen LogP contribution in [0.2, 0.25) is 0 Å². The van der Waals surface area contributed by atoms with Crippen LogP contribution in [-0.4, -0.2) is 29.7 Å². The molecule has 18 heavy (non-hydrogen) atoms. The molecule has 10 heteroatoms. The molecule has 0 aromatic carbocycles. The summed E-state index contributed by atoms with van der Waals surface area (Å²) in [5.74, 6) is -1.03. The number of nitrogens with zero attached hydrogens (tertiary/aromatic N) is 1. The number of hydrogen-bond acceptors (Lipinski definition) is 4. The standard InChI is InChI=1S/C8H6F3IN2O4/c1-17-5-3(12)2-4(13-7(15)16)6(14-5)18-8(9,10)11/h2,13H,1H3,(H,15,16). The van der Waals surface area contributed by atoms with Gasteiger partial charge in [-0.3, -0.25) is 5.32 Å². The molecule has 0 unspecified atom stereocenters. The second kappa shape index (κ2) is 5.46. The number of carbonyl (C=O) groups is 1. The third-order valence-corrected chi connectivity index (χ3v) is 2.33. The van der Waals surface area contributed by atoms with Crippen LogP contribution in [0.15, 0.2) is 6.07 Å². The summed E-state index contributed by atoms with van der Waals surface area (Å²) in [6.07, 6.45) is -6.52. The first-order valence-corrected chi connectivity index (χ1v) is 5.31. The van der Waals surface area contributed by atoms with Crippen molar-refractivity contribution in [3.05, 3.63) is 9.64 Å². The van der Waals surface area contributed by atoms with Gasteiger partial charge in [-0.2, -0.15) is 4.98 Å². The average molecular weight is 378 g/mol. The van der Waals surface area contributed by atoms with E-state index in [1.165, 1.54) is 7.11 Å². The van der Waals surface area contributed by atoms with Crippen molar-refractivity contribution in [3.8, 4) is 11.8 Å². The van der Waals surface area contributed by atoms with E-state index >= 15 is 0 Å². The minimum atomic E-state index is -4.99. The lowest BCUT2D eigenvalue weighted by Crippen LogP contribution is -2.20. The lowest BCUT2D eigenvalue weighted by molar-refractivity contribution is -0.275. The molecule has 0 saturated carbocycles. The molecule has 0 radical (unpaired) electrons. The molecule has 1 aromatic heterocycles. The molecule has 1 rings (SSSR count). The highest BCUT2D eigenvalue weighted by molar-refractivity contribution is 14.1. The number of hydrogen-bond donors (Lipinski definition) is 2. The zero-order valence-corrected chi connectivity index (χ0v) is 10.9. The van der Waals surface area contributed by atoms with Gasteiger partial charge in [0.1, 0.15) is 5.69 Å². The molecule has 0 aliphatic heterocycles. The Morgan fingerprint density at radius 3 is 2.56 bits per heavy atom. The van der Waals surface area contributed by atoms with E-state index in [0.717, 1.165) is 6.07 Å². The van der Waals surface area contributed by atoms with Gasteiger partial charge in [0.15, 0.2) is 0 Å². The SMILES string of the molecule is COc1nc(OC(F)(F)F)c(NC(=O)O)cc1I. The summed E-state index contributed by atoms with van der Waals surface area (Å²) in [6, 6.07) is 1.11. The maximum Gasteiger partial charge on any atom is 0.574 e. The van der Waals surface area contributed by atoms with Crippen molar-refractivity contribution in [1.29, 1.82) is 0 Å². The number of halogens is 4.